The van der Waals surface area contributed by atoms with Crippen LogP contribution in [0, 0.1) is 0 Å². The van der Waals surface area contributed by atoms with Crippen LogP contribution in [-0.4, -0.2) is 15.0 Å². The van der Waals surface area contributed by atoms with Crippen molar-refractivity contribution < 1.29 is 0 Å². The van der Waals surface area contributed by atoms with Gasteiger partial charge in [-0.1, -0.05) is 194 Å². The molecular formula is C66H41N3S. The smallest absolute Gasteiger partial charge is 0.164 e. The summed E-state index contributed by atoms with van der Waals surface area (Å²) in [6, 6.07) is 80.3. The molecule has 14 aromatic rings. The van der Waals surface area contributed by atoms with E-state index in [1.807, 2.05) is 11.3 Å². The average molecular weight is 908 g/mol. The number of nitrogens with zero attached hydrogens (tertiary/aromatic N) is 3. The van der Waals surface area contributed by atoms with E-state index in [1.165, 1.54) is 102 Å². The molecule has 3 nitrogen and oxygen atoms in total. The van der Waals surface area contributed by atoms with Crippen LogP contribution in [0.25, 0.3) is 130 Å². The van der Waals surface area contributed by atoms with Crippen molar-refractivity contribution >= 4 is 96.1 Å². The van der Waals surface area contributed by atoms with Gasteiger partial charge in [0.15, 0.2) is 17.5 Å². The number of benzene rings is 12. The summed E-state index contributed by atoms with van der Waals surface area (Å²) in [6.45, 7) is 0. The molecule has 4 heteroatoms. The molecule has 0 bridgehead atoms. The molecule has 12 aromatic carbocycles. The van der Waals surface area contributed by atoms with Crippen molar-refractivity contribution in [1.29, 1.82) is 0 Å². The lowest BCUT2D eigenvalue weighted by molar-refractivity contribution is 0.732. The summed E-state index contributed by atoms with van der Waals surface area (Å²) in [5, 5.41) is 17.2. The van der Waals surface area contributed by atoms with Crippen molar-refractivity contribution in [2.75, 3.05) is 0 Å². The third-order valence-electron chi connectivity index (χ3n) is 15.1. The molecule has 1 aliphatic rings. The highest BCUT2D eigenvalue weighted by atomic mass is 32.1. The van der Waals surface area contributed by atoms with E-state index in [2.05, 4.69) is 218 Å². The zero-order chi connectivity index (χ0) is 45.9. The Labute approximate surface area is 408 Å². The van der Waals surface area contributed by atoms with Gasteiger partial charge < -0.3 is 0 Å². The summed E-state index contributed by atoms with van der Waals surface area (Å²) in [6.07, 6.45) is 1.97. The number of aryl methyl sites for hydroxylation is 1. The summed E-state index contributed by atoms with van der Waals surface area (Å²) in [5.74, 6) is 2.13. The van der Waals surface area contributed by atoms with Crippen molar-refractivity contribution in [2.45, 2.75) is 18.8 Å². The van der Waals surface area contributed by atoms with Gasteiger partial charge in [-0.2, -0.15) is 0 Å². The van der Waals surface area contributed by atoms with Gasteiger partial charge in [-0.05, 0) is 130 Å². The fourth-order valence-corrected chi connectivity index (χ4v) is 13.0. The third kappa shape index (κ3) is 6.16. The van der Waals surface area contributed by atoms with Gasteiger partial charge in [-0.3, -0.25) is 0 Å². The Balaban J connectivity index is 0.955. The van der Waals surface area contributed by atoms with Crippen molar-refractivity contribution in [3.8, 4) is 45.3 Å². The van der Waals surface area contributed by atoms with Crippen molar-refractivity contribution in [1.82, 2.24) is 15.0 Å². The Bertz CT molecular complexity index is 4370. The second kappa shape index (κ2) is 15.5. The Morgan fingerprint density at radius 3 is 1.53 bits per heavy atom. The van der Waals surface area contributed by atoms with E-state index in [0.717, 1.165) is 40.3 Å². The van der Waals surface area contributed by atoms with Gasteiger partial charge in [0.25, 0.3) is 0 Å². The van der Waals surface area contributed by atoms with E-state index in [-0.39, 0.29) is 5.92 Å². The molecule has 0 fully saturated rings. The Morgan fingerprint density at radius 1 is 0.357 bits per heavy atom. The number of thiophene rings is 1. The van der Waals surface area contributed by atoms with Gasteiger partial charge in [0.05, 0.1) is 0 Å². The van der Waals surface area contributed by atoms with Crippen molar-refractivity contribution in [3.63, 3.8) is 0 Å². The van der Waals surface area contributed by atoms with Gasteiger partial charge in [0.1, 0.15) is 0 Å². The van der Waals surface area contributed by atoms with Crippen LogP contribution in [0.1, 0.15) is 29.0 Å². The fourth-order valence-electron chi connectivity index (χ4n) is 11.8. The Hall–Kier alpha value is -8.57. The molecule has 0 radical (unpaired) electrons. The number of hydrogen-bond donors (Lipinski definition) is 0. The minimum Gasteiger partial charge on any atom is -0.208 e. The van der Waals surface area contributed by atoms with Gasteiger partial charge in [-0.15, -0.1) is 11.3 Å². The number of rotatable bonds is 4. The first-order valence-corrected chi connectivity index (χ1v) is 25.1. The molecule has 0 saturated heterocycles. The molecule has 70 heavy (non-hydrogen) atoms. The zero-order valence-electron chi connectivity index (χ0n) is 38.0. The van der Waals surface area contributed by atoms with Crippen molar-refractivity contribution in [2.24, 2.45) is 0 Å². The molecule has 0 saturated carbocycles. The summed E-state index contributed by atoms with van der Waals surface area (Å²) in [4.78, 5) is 16.3. The van der Waals surface area contributed by atoms with Crippen LogP contribution in [0.5, 0.6) is 0 Å². The first-order chi connectivity index (χ1) is 34.7. The second-order valence-electron chi connectivity index (χ2n) is 19.0. The molecule has 326 valence electrons. The van der Waals surface area contributed by atoms with E-state index < -0.39 is 0 Å². The van der Waals surface area contributed by atoms with Gasteiger partial charge >= 0.3 is 0 Å². The molecule has 15 rings (SSSR count). The highest BCUT2D eigenvalue weighted by molar-refractivity contribution is 7.26. The van der Waals surface area contributed by atoms with Crippen LogP contribution in [-0.2, 0) is 6.42 Å². The maximum absolute atomic E-state index is 5.47. The lowest BCUT2D eigenvalue weighted by Gasteiger charge is -2.22. The lowest BCUT2D eigenvalue weighted by atomic mass is 9.82. The van der Waals surface area contributed by atoms with Crippen LogP contribution >= 0.6 is 11.3 Å². The maximum Gasteiger partial charge on any atom is 0.164 e. The van der Waals surface area contributed by atoms with Crippen molar-refractivity contribution in [3.05, 3.63) is 235 Å². The molecule has 1 aliphatic carbocycles. The SMILES string of the molecule is c1ccc2cc3c(cc2c1)CCC(c1ccc(-c2nc(-c4ccc5c(ccc6ccccc65)c4)nc(-c4ccc5c(ccc6ccccc65)c4)n2)c2c1sc1ccccc12)c1ccc2ccccc2c1-3. The van der Waals surface area contributed by atoms with Crippen LogP contribution < -0.4 is 0 Å². The van der Waals surface area contributed by atoms with E-state index in [0.29, 0.717) is 17.5 Å². The monoisotopic (exact) mass is 907 g/mol. The van der Waals surface area contributed by atoms with Crippen LogP contribution in [0.4, 0.5) is 0 Å². The largest absolute Gasteiger partial charge is 0.208 e. The first-order valence-electron chi connectivity index (χ1n) is 24.2. The van der Waals surface area contributed by atoms with E-state index in [9.17, 15) is 0 Å². The summed E-state index contributed by atoms with van der Waals surface area (Å²) < 4.78 is 2.55. The predicted molar refractivity (Wildman–Crippen MR) is 296 cm³/mol. The normalized spacial score (nSPS) is 13.7. The summed E-state index contributed by atoms with van der Waals surface area (Å²) in [7, 11) is 0. The van der Waals surface area contributed by atoms with E-state index in [1.54, 1.807) is 0 Å². The average Bonchev–Trinajstić information content (AvgIpc) is 3.74. The Morgan fingerprint density at radius 2 is 0.857 bits per heavy atom. The van der Waals surface area contributed by atoms with Gasteiger partial charge in [0, 0.05) is 42.8 Å². The van der Waals surface area contributed by atoms with Gasteiger partial charge in [-0.25, -0.2) is 15.0 Å². The lowest BCUT2D eigenvalue weighted by Crippen LogP contribution is -2.04. The summed E-state index contributed by atoms with van der Waals surface area (Å²) in [5.41, 5.74) is 9.79. The highest BCUT2D eigenvalue weighted by Gasteiger charge is 2.29. The molecule has 2 heterocycles. The molecule has 0 N–H and O–H groups in total. The Kier molecular flexibility index (Phi) is 8.72. The molecule has 0 amide bonds. The standard InChI is InChI=1S/C66H41N3S/c1-2-15-43-38-59-46(35-42(43)14-1)26-31-54(55-32-25-41-13-5-8-18-53(41)61(55)59)56-33-34-58(62-57-19-9-10-20-60(57)70-63(56)62)66-68-64(47-27-29-51-44(36-47)23-21-39-11-3-6-16-49(39)51)67-65(69-66)48-28-30-52-45(37-48)24-22-40-12-4-7-17-50(40)52/h1-25,27-30,32-38,54H,26,31H2. The summed E-state index contributed by atoms with van der Waals surface area (Å²) >= 11 is 1.90. The van der Waals surface area contributed by atoms with E-state index in [4.69, 9.17) is 15.0 Å². The maximum atomic E-state index is 5.47. The quantitative estimate of drug-likeness (QED) is 0.165. The second-order valence-corrected chi connectivity index (χ2v) is 20.0. The van der Waals surface area contributed by atoms with Crippen LogP contribution in [0.2, 0.25) is 0 Å². The number of hydrogen-bond acceptors (Lipinski definition) is 4. The fraction of sp³-hybridized carbons (Fsp3) is 0.0455. The molecule has 0 spiro atoms. The van der Waals surface area contributed by atoms with E-state index >= 15 is 0 Å². The number of fused-ring (bicyclic) bond motifs is 15. The predicted octanol–water partition coefficient (Wildman–Crippen LogP) is 17.9. The molecule has 0 aliphatic heterocycles. The topological polar surface area (TPSA) is 38.7 Å². The number of aromatic nitrogens is 3. The third-order valence-corrected chi connectivity index (χ3v) is 16.3. The highest BCUT2D eigenvalue weighted by Crippen LogP contribution is 2.50. The molecule has 1 unspecified atom stereocenters. The minimum atomic E-state index is 0.159. The first kappa shape index (κ1) is 39.4. The zero-order valence-corrected chi connectivity index (χ0v) is 38.8. The molecular weight excluding hydrogens is 867 g/mol. The van der Waals surface area contributed by atoms with Crippen LogP contribution in [0.15, 0.2) is 218 Å². The minimum absolute atomic E-state index is 0.159. The van der Waals surface area contributed by atoms with Gasteiger partial charge in [0.2, 0.25) is 0 Å². The molecule has 1 atom stereocenters. The molecule has 2 aromatic heterocycles. The van der Waals surface area contributed by atoms with Crippen LogP contribution in [0.3, 0.4) is 0 Å².